The summed E-state index contributed by atoms with van der Waals surface area (Å²) in [5, 5.41) is 3.90. The van der Waals surface area contributed by atoms with Gasteiger partial charge in [0.15, 0.2) is 0 Å². The van der Waals surface area contributed by atoms with E-state index in [0.717, 1.165) is 30.3 Å². The molecule has 1 aliphatic rings. The van der Waals surface area contributed by atoms with Crippen LogP contribution >= 0.6 is 23.8 Å². The molecule has 98 valence electrons. The predicted molar refractivity (Wildman–Crippen MR) is 79.4 cm³/mol. The Labute approximate surface area is 118 Å². The van der Waals surface area contributed by atoms with Gasteiger partial charge in [-0.05, 0) is 37.0 Å². The Bertz CT molecular complexity index is 435. The molecule has 0 radical (unpaired) electrons. The zero-order valence-electron chi connectivity index (χ0n) is 10.1. The molecule has 5 heteroatoms. The molecular weight excluding hydrogens is 268 g/mol. The second-order valence-electron chi connectivity index (χ2n) is 4.50. The lowest BCUT2D eigenvalue weighted by molar-refractivity contribution is 0.134. The van der Waals surface area contributed by atoms with Gasteiger partial charge in [-0.1, -0.05) is 23.8 Å². The standard InChI is InChI=1S/C13H17ClN2OS/c14-10-3-4-12(11(7-10)13(15)18)16-5-6-17-8-9-1-2-9/h3-4,7,9,16H,1-2,5-6,8H2,(H2,15,18). The fourth-order valence-corrected chi connectivity index (χ4v) is 2.01. The first-order chi connectivity index (χ1) is 8.66. The first-order valence-corrected chi connectivity index (χ1v) is 6.86. The zero-order chi connectivity index (χ0) is 13.0. The number of thiocarbonyl (C=S) groups is 1. The van der Waals surface area contributed by atoms with Crippen molar-refractivity contribution >= 4 is 34.5 Å². The summed E-state index contributed by atoms with van der Waals surface area (Å²) in [5.41, 5.74) is 7.35. The van der Waals surface area contributed by atoms with E-state index in [1.807, 2.05) is 12.1 Å². The number of rotatable bonds is 7. The van der Waals surface area contributed by atoms with Crippen molar-refractivity contribution in [2.24, 2.45) is 11.7 Å². The maximum Gasteiger partial charge on any atom is 0.106 e. The first kappa shape index (κ1) is 13.6. The van der Waals surface area contributed by atoms with E-state index in [0.29, 0.717) is 16.6 Å². The van der Waals surface area contributed by atoms with Crippen LogP contribution in [-0.4, -0.2) is 24.7 Å². The molecule has 18 heavy (non-hydrogen) atoms. The number of nitrogens with two attached hydrogens (primary N) is 1. The van der Waals surface area contributed by atoms with Crippen molar-refractivity contribution < 1.29 is 4.74 Å². The molecule has 3 N–H and O–H groups in total. The summed E-state index contributed by atoms with van der Waals surface area (Å²) in [6.45, 7) is 2.31. The van der Waals surface area contributed by atoms with Gasteiger partial charge in [0.1, 0.15) is 4.99 Å². The van der Waals surface area contributed by atoms with Crippen LogP contribution < -0.4 is 11.1 Å². The number of nitrogens with one attached hydrogen (secondary N) is 1. The molecular formula is C13H17ClN2OS. The molecule has 1 aliphatic carbocycles. The Morgan fingerprint density at radius 3 is 2.94 bits per heavy atom. The molecule has 0 heterocycles. The molecule has 0 atom stereocenters. The fourth-order valence-electron chi connectivity index (χ4n) is 1.67. The Hall–Kier alpha value is -0.840. The minimum Gasteiger partial charge on any atom is -0.389 e. The van der Waals surface area contributed by atoms with Crippen LogP contribution in [-0.2, 0) is 4.74 Å². The molecule has 3 nitrogen and oxygen atoms in total. The van der Waals surface area contributed by atoms with E-state index in [1.54, 1.807) is 6.07 Å². The SMILES string of the molecule is NC(=S)c1cc(Cl)ccc1NCCOCC1CC1. The number of ether oxygens (including phenoxy) is 1. The lowest BCUT2D eigenvalue weighted by atomic mass is 10.2. The summed E-state index contributed by atoms with van der Waals surface area (Å²) in [5.74, 6) is 0.799. The van der Waals surface area contributed by atoms with Crippen LogP contribution in [0.5, 0.6) is 0 Å². The van der Waals surface area contributed by atoms with Gasteiger partial charge < -0.3 is 15.8 Å². The van der Waals surface area contributed by atoms with E-state index in [9.17, 15) is 0 Å². The minimum absolute atomic E-state index is 0.346. The van der Waals surface area contributed by atoms with Gasteiger partial charge in [-0.25, -0.2) is 0 Å². The molecule has 0 bridgehead atoms. The molecule has 0 aliphatic heterocycles. The molecule has 1 aromatic carbocycles. The summed E-state index contributed by atoms with van der Waals surface area (Å²) in [4.78, 5) is 0.346. The number of anilines is 1. The van der Waals surface area contributed by atoms with Crippen LogP contribution in [0.2, 0.25) is 5.02 Å². The van der Waals surface area contributed by atoms with E-state index < -0.39 is 0 Å². The molecule has 0 aromatic heterocycles. The third-order valence-electron chi connectivity index (χ3n) is 2.86. The Morgan fingerprint density at radius 2 is 2.28 bits per heavy atom. The molecule has 1 saturated carbocycles. The monoisotopic (exact) mass is 284 g/mol. The van der Waals surface area contributed by atoms with Crippen LogP contribution in [0.15, 0.2) is 18.2 Å². The third kappa shape index (κ3) is 4.12. The van der Waals surface area contributed by atoms with Crippen molar-refractivity contribution in [3.05, 3.63) is 28.8 Å². The highest BCUT2D eigenvalue weighted by Crippen LogP contribution is 2.28. The average molecular weight is 285 g/mol. The zero-order valence-corrected chi connectivity index (χ0v) is 11.7. The lowest BCUT2D eigenvalue weighted by Gasteiger charge is -2.11. The van der Waals surface area contributed by atoms with Gasteiger partial charge in [-0.15, -0.1) is 0 Å². The average Bonchev–Trinajstić information content (AvgIpc) is 3.14. The second-order valence-corrected chi connectivity index (χ2v) is 5.38. The third-order valence-corrected chi connectivity index (χ3v) is 3.31. The Balaban J connectivity index is 1.81. The lowest BCUT2D eigenvalue weighted by Crippen LogP contribution is -2.16. The highest BCUT2D eigenvalue weighted by Gasteiger charge is 2.20. The van der Waals surface area contributed by atoms with Gasteiger partial charge in [0.2, 0.25) is 0 Å². The molecule has 0 amide bonds. The summed E-state index contributed by atoms with van der Waals surface area (Å²) in [6.07, 6.45) is 2.63. The largest absolute Gasteiger partial charge is 0.389 e. The number of halogens is 1. The molecule has 1 aromatic rings. The van der Waals surface area contributed by atoms with Gasteiger partial charge in [-0.2, -0.15) is 0 Å². The van der Waals surface area contributed by atoms with Crippen molar-refractivity contribution in [3.8, 4) is 0 Å². The molecule has 0 saturated heterocycles. The van der Waals surface area contributed by atoms with E-state index in [2.05, 4.69) is 5.32 Å². The first-order valence-electron chi connectivity index (χ1n) is 6.08. The van der Waals surface area contributed by atoms with E-state index >= 15 is 0 Å². The molecule has 1 fully saturated rings. The molecule has 0 spiro atoms. The summed E-state index contributed by atoms with van der Waals surface area (Å²) < 4.78 is 5.55. The Morgan fingerprint density at radius 1 is 1.50 bits per heavy atom. The minimum atomic E-state index is 0.346. The van der Waals surface area contributed by atoms with Gasteiger partial charge in [0, 0.05) is 29.4 Å². The summed E-state index contributed by atoms with van der Waals surface area (Å²) >= 11 is 10.9. The fraction of sp³-hybridized carbons (Fsp3) is 0.462. The number of hydrogen-bond acceptors (Lipinski definition) is 3. The predicted octanol–water partition coefficient (Wildman–Crippen LogP) is 2.81. The van der Waals surface area contributed by atoms with Gasteiger partial charge >= 0.3 is 0 Å². The summed E-state index contributed by atoms with van der Waals surface area (Å²) in [7, 11) is 0. The maximum absolute atomic E-state index is 5.92. The molecule has 2 rings (SSSR count). The topological polar surface area (TPSA) is 47.3 Å². The van der Waals surface area contributed by atoms with Crippen molar-refractivity contribution in [3.63, 3.8) is 0 Å². The van der Waals surface area contributed by atoms with Crippen molar-refractivity contribution in [2.75, 3.05) is 25.1 Å². The van der Waals surface area contributed by atoms with E-state index in [4.69, 9.17) is 34.3 Å². The van der Waals surface area contributed by atoms with Crippen molar-refractivity contribution in [2.45, 2.75) is 12.8 Å². The highest BCUT2D eigenvalue weighted by atomic mass is 35.5. The van der Waals surface area contributed by atoms with Crippen molar-refractivity contribution in [1.29, 1.82) is 0 Å². The Kier molecular flexibility index (Phi) is 4.80. The van der Waals surface area contributed by atoms with Crippen LogP contribution in [0.1, 0.15) is 18.4 Å². The van der Waals surface area contributed by atoms with E-state index in [-0.39, 0.29) is 0 Å². The number of benzene rings is 1. The van der Waals surface area contributed by atoms with Crippen LogP contribution in [0, 0.1) is 5.92 Å². The summed E-state index contributed by atoms with van der Waals surface area (Å²) in [6, 6.07) is 5.48. The normalized spacial score (nSPS) is 14.5. The second kappa shape index (κ2) is 6.36. The van der Waals surface area contributed by atoms with Crippen LogP contribution in [0.4, 0.5) is 5.69 Å². The maximum atomic E-state index is 5.92. The van der Waals surface area contributed by atoms with Crippen LogP contribution in [0.3, 0.4) is 0 Å². The quantitative estimate of drug-likeness (QED) is 0.597. The van der Waals surface area contributed by atoms with Gasteiger partial charge in [0.25, 0.3) is 0 Å². The van der Waals surface area contributed by atoms with Crippen molar-refractivity contribution in [1.82, 2.24) is 0 Å². The highest BCUT2D eigenvalue weighted by molar-refractivity contribution is 7.80. The van der Waals surface area contributed by atoms with E-state index in [1.165, 1.54) is 12.8 Å². The molecule has 0 unspecified atom stereocenters. The van der Waals surface area contributed by atoms with Gasteiger partial charge in [0.05, 0.1) is 6.61 Å². The van der Waals surface area contributed by atoms with Crippen LogP contribution in [0.25, 0.3) is 0 Å². The van der Waals surface area contributed by atoms with Gasteiger partial charge in [-0.3, -0.25) is 0 Å². The number of hydrogen-bond donors (Lipinski definition) is 2. The smallest absolute Gasteiger partial charge is 0.106 e.